The van der Waals surface area contributed by atoms with Gasteiger partial charge in [-0.15, -0.1) is 11.7 Å². The molecule has 9 heavy (non-hydrogen) atoms. The standard InChI is InChI=1S/C5H8N4/c1-2-3-9-4-5(6)7-8-9/h2,4H,1,3,6H2. The van der Waals surface area contributed by atoms with E-state index in [4.69, 9.17) is 5.73 Å². The molecule has 0 aromatic carbocycles. The minimum Gasteiger partial charge on any atom is -0.381 e. The maximum atomic E-state index is 5.28. The van der Waals surface area contributed by atoms with Gasteiger partial charge in [-0.1, -0.05) is 11.3 Å². The van der Waals surface area contributed by atoms with Gasteiger partial charge in [0.1, 0.15) is 0 Å². The number of hydrogen-bond acceptors (Lipinski definition) is 3. The Morgan fingerprint density at radius 3 is 3.11 bits per heavy atom. The quantitative estimate of drug-likeness (QED) is 0.566. The maximum Gasteiger partial charge on any atom is 0.165 e. The van der Waals surface area contributed by atoms with Crippen molar-refractivity contribution in [2.24, 2.45) is 0 Å². The van der Waals surface area contributed by atoms with E-state index in [0.717, 1.165) is 0 Å². The van der Waals surface area contributed by atoms with Gasteiger partial charge in [-0.3, -0.25) is 0 Å². The largest absolute Gasteiger partial charge is 0.381 e. The molecule has 1 aromatic heterocycles. The molecule has 0 unspecified atom stereocenters. The van der Waals surface area contributed by atoms with Crippen LogP contribution >= 0.6 is 0 Å². The van der Waals surface area contributed by atoms with E-state index >= 15 is 0 Å². The van der Waals surface area contributed by atoms with Crippen molar-refractivity contribution in [3.8, 4) is 0 Å². The average Bonchev–Trinajstić information content (AvgIpc) is 2.17. The summed E-state index contributed by atoms with van der Waals surface area (Å²) in [7, 11) is 0. The maximum absolute atomic E-state index is 5.28. The molecule has 0 aliphatic carbocycles. The van der Waals surface area contributed by atoms with Crippen LogP contribution in [0.1, 0.15) is 0 Å². The fourth-order valence-corrected chi connectivity index (χ4v) is 0.535. The molecule has 1 aromatic rings. The molecule has 4 heteroatoms. The third-order valence-corrected chi connectivity index (χ3v) is 0.873. The van der Waals surface area contributed by atoms with Gasteiger partial charge >= 0.3 is 0 Å². The van der Waals surface area contributed by atoms with E-state index in [1.54, 1.807) is 17.0 Å². The molecule has 0 amide bonds. The monoisotopic (exact) mass is 124 g/mol. The first kappa shape index (κ1) is 5.81. The molecule has 0 radical (unpaired) electrons. The number of nitrogens with zero attached hydrogens (tertiary/aromatic N) is 3. The highest BCUT2D eigenvalue weighted by Crippen LogP contribution is 1.90. The molecule has 1 heterocycles. The average molecular weight is 124 g/mol. The lowest BCUT2D eigenvalue weighted by atomic mass is 10.6. The van der Waals surface area contributed by atoms with Crippen LogP contribution in [-0.4, -0.2) is 15.0 Å². The van der Waals surface area contributed by atoms with Crippen molar-refractivity contribution >= 4 is 5.82 Å². The summed E-state index contributed by atoms with van der Waals surface area (Å²) in [5, 5.41) is 7.25. The Labute approximate surface area is 53.0 Å². The van der Waals surface area contributed by atoms with Crippen molar-refractivity contribution in [2.45, 2.75) is 6.54 Å². The van der Waals surface area contributed by atoms with E-state index in [9.17, 15) is 0 Å². The van der Waals surface area contributed by atoms with Crippen molar-refractivity contribution in [1.82, 2.24) is 15.0 Å². The van der Waals surface area contributed by atoms with E-state index in [1.165, 1.54) is 0 Å². The van der Waals surface area contributed by atoms with Crippen LogP contribution in [-0.2, 0) is 6.54 Å². The zero-order valence-corrected chi connectivity index (χ0v) is 4.99. The van der Waals surface area contributed by atoms with Crippen LogP contribution < -0.4 is 5.73 Å². The van der Waals surface area contributed by atoms with Crippen LogP contribution in [0.25, 0.3) is 0 Å². The zero-order chi connectivity index (χ0) is 6.69. The predicted molar refractivity (Wildman–Crippen MR) is 34.6 cm³/mol. The Balaban J connectivity index is 2.72. The lowest BCUT2D eigenvalue weighted by Crippen LogP contribution is -1.94. The van der Waals surface area contributed by atoms with Gasteiger partial charge in [-0.25, -0.2) is 4.68 Å². The second kappa shape index (κ2) is 2.30. The van der Waals surface area contributed by atoms with Crippen molar-refractivity contribution in [2.75, 3.05) is 5.73 Å². The van der Waals surface area contributed by atoms with Gasteiger partial charge in [-0.05, 0) is 0 Å². The van der Waals surface area contributed by atoms with Gasteiger partial charge in [0.2, 0.25) is 0 Å². The molecule has 0 spiro atoms. The van der Waals surface area contributed by atoms with E-state index in [1.807, 2.05) is 0 Å². The number of allylic oxidation sites excluding steroid dienone is 1. The van der Waals surface area contributed by atoms with Crippen molar-refractivity contribution in [1.29, 1.82) is 0 Å². The molecule has 2 N–H and O–H groups in total. The van der Waals surface area contributed by atoms with Crippen LogP contribution in [0.4, 0.5) is 5.82 Å². The molecule has 48 valence electrons. The molecule has 0 aliphatic heterocycles. The normalized spacial score (nSPS) is 9.33. The SMILES string of the molecule is C=CCn1cc(N)nn1. The van der Waals surface area contributed by atoms with Gasteiger partial charge in [0, 0.05) is 0 Å². The highest BCUT2D eigenvalue weighted by atomic mass is 15.4. The van der Waals surface area contributed by atoms with E-state index in [-0.39, 0.29) is 0 Å². The number of nitrogen functional groups attached to an aromatic ring is 1. The van der Waals surface area contributed by atoms with Crippen LogP contribution in [0.2, 0.25) is 0 Å². The highest BCUT2D eigenvalue weighted by Gasteiger charge is 1.89. The summed E-state index contributed by atoms with van der Waals surface area (Å²) in [5.74, 6) is 0.442. The zero-order valence-electron chi connectivity index (χ0n) is 4.99. The van der Waals surface area contributed by atoms with Crippen LogP contribution in [0, 0.1) is 0 Å². The molecule has 0 saturated carbocycles. The fourth-order valence-electron chi connectivity index (χ4n) is 0.535. The number of nitrogens with two attached hydrogens (primary N) is 1. The lowest BCUT2D eigenvalue weighted by molar-refractivity contribution is 0.662. The molecular formula is C5H8N4. The third-order valence-electron chi connectivity index (χ3n) is 0.873. The summed E-state index contributed by atoms with van der Waals surface area (Å²) in [6, 6.07) is 0. The van der Waals surface area contributed by atoms with Gasteiger partial charge in [0.25, 0.3) is 0 Å². The van der Waals surface area contributed by atoms with Crippen LogP contribution in [0.15, 0.2) is 18.9 Å². The lowest BCUT2D eigenvalue weighted by Gasteiger charge is -1.87. The summed E-state index contributed by atoms with van der Waals surface area (Å²) in [4.78, 5) is 0. The van der Waals surface area contributed by atoms with E-state index in [0.29, 0.717) is 12.4 Å². The summed E-state index contributed by atoms with van der Waals surface area (Å²) < 4.78 is 1.61. The summed E-state index contributed by atoms with van der Waals surface area (Å²) in [5.41, 5.74) is 5.28. The minimum absolute atomic E-state index is 0.442. The first-order valence-corrected chi connectivity index (χ1v) is 2.59. The molecule has 0 fully saturated rings. The van der Waals surface area contributed by atoms with Crippen LogP contribution in [0.3, 0.4) is 0 Å². The molecule has 0 saturated heterocycles. The smallest absolute Gasteiger partial charge is 0.165 e. The second-order valence-corrected chi connectivity index (χ2v) is 1.65. The molecule has 0 atom stereocenters. The predicted octanol–water partition coefficient (Wildman–Crippen LogP) is 0.0463. The molecule has 0 aliphatic rings. The number of rotatable bonds is 2. The van der Waals surface area contributed by atoms with Gasteiger partial charge in [0.05, 0.1) is 12.7 Å². The van der Waals surface area contributed by atoms with Crippen molar-refractivity contribution < 1.29 is 0 Å². The molecule has 0 bridgehead atoms. The molecular weight excluding hydrogens is 116 g/mol. The Morgan fingerprint density at radius 2 is 2.67 bits per heavy atom. The summed E-state index contributed by atoms with van der Waals surface area (Å²) in [6.07, 6.45) is 3.38. The molecule has 1 rings (SSSR count). The van der Waals surface area contributed by atoms with E-state index in [2.05, 4.69) is 16.9 Å². The Bertz CT molecular complexity index is 202. The first-order chi connectivity index (χ1) is 4.33. The Hall–Kier alpha value is -1.32. The van der Waals surface area contributed by atoms with Gasteiger partial charge in [0.15, 0.2) is 5.82 Å². The Morgan fingerprint density at radius 1 is 1.89 bits per heavy atom. The van der Waals surface area contributed by atoms with E-state index < -0.39 is 0 Å². The summed E-state index contributed by atoms with van der Waals surface area (Å²) in [6.45, 7) is 4.19. The number of anilines is 1. The van der Waals surface area contributed by atoms with Crippen molar-refractivity contribution in [3.63, 3.8) is 0 Å². The third kappa shape index (κ3) is 1.28. The van der Waals surface area contributed by atoms with Gasteiger partial charge < -0.3 is 5.73 Å². The van der Waals surface area contributed by atoms with Crippen LogP contribution in [0.5, 0.6) is 0 Å². The van der Waals surface area contributed by atoms with Crippen molar-refractivity contribution in [3.05, 3.63) is 18.9 Å². The number of aromatic nitrogens is 3. The highest BCUT2D eigenvalue weighted by molar-refractivity contribution is 5.19. The van der Waals surface area contributed by atoms with Gasteiger partial charge in [-0.2, -0.15) is 0 Å². The first-order valence-electron chi connectivity index (χ1n) is 2.59. The molecule has 4 nitrogen and oxygen atoms in total. The number of hydrogen-bond donors (Lipinski definition) is 1. The topological polar surface area (TPSA) is 56.7 Å². The summed E-state index contributed by atoms with van der Waals surface area (Å²) >= 11 is 0. The second-order valence-electron chi connectivity index (χ2n) is 1.65. The Kier molecular flexibility index (Phi) is 1.48. The fraction of sp³-hybridized carbons (Fsp3) is 0.200. The minimum atomic E-state index is 0.442.